The summed E-state index contributed by atoms with van der Waals surface area (Å²) in [6.07, 6.45) is 0. The van der Waals surface area contributed by atoms with Crippen LogP contribution < -0.4 is 9.62 Å². The van der Waals surface area contributed by atoms with E-state index in [-0.39, 0.29) is 11.7 Å². The molecular formula is C17H17FN4O3S. The quantitative estimate of drug-likeness (QED) is 0.807. The number of halogens is 1. The largest absolute Gasteiger partial charge is 0.346 e. The topological polar surface area (TPSA) is 84.3 Å². The van der Waals surface area contributed by atoms with Crippen molar-refractivity contribution in [1.29, 1.82) is 0 Å². The summed E-state index contributed by atoms with van der Waals surface area (Å²) in [6, 6.07) is 7.13. The first-order chi connectivity index (χ1) is 12.2. The lowest BCUT2D eigenvalue weighted by atomic mass is 9.99. The van der Waals surface area contributed by atoms with Gasteiger partial charge < -0.3 is 4.90 Å². The number of hydrogen-bond acceptors (Lipinski definition) is 5. The Morgan fingerprint density at radius 1 is 1.38 bits per heavy atom. The molecule has 1 atom stereocenters. The fourth-order valence-electron chi connectivity index (χ4n) is 2.56. The maximum atomic E-state index is 13.2. The van der Waals surface area contributed by atoms with E-state index in [4.69, 9.17) is 0 Å². The molecule has 2 heterocycles. The smallest absolute Gasteiger partial charge is 0.285 e. The van der Waals surface area contributed by atoms with Crippen LogP contribution in [0.4, 0.5) is 10.2 Å². The highest BCUT2D eigenvalue weighted by Gasteiger charge is 2.32. The van der Waals surface area contributed by atoms with E-state index >= 15 is 0 Å². The zero-order valence-electron chi connectivity index (χ0n) is 14.0. The molecule has 1 aromatic carbocycles. The number of benzene rings is 1. The number of anilines is 1. The van der Waals surface area contributed by atoms with Crippen LogP contribution in [0.15, 0.2) is 54.5 Å². The molecule has 1 aromatic heterocycles. The predicted octanol–water partition coefficient (Wildman–Crippen LogP) is 1.98. The first kappa shape index (κ1) is 17.9. The van der Waals surface area contributed by atoms with Crippen LogP contribution in [-0.2, 0) is 10.0 Å². The molecule has 0 unspecified atom stereocenters. The van der Waals surface area contributed by atoms with Crippen molar-refractivity contribution >= 4 is 21.7 Å². The summed E-state index contributed by atoms with van der Waals surface area (Å²) in [7, 11) is -3.93. The van der Waals surface area contributed by atoms with Crippen LogP contribution in [-0.4, -0.2) is 36.7 Å². The fourth-order valence-corrected chi connectivity index (χ4v) is 3.00. The molecule has 1 amide bonds. The van der Waals surface area contributed by atoms with Gasteiger partial charge >= 0.3 is 0 Å². The SMILES string of the molecule is C=CS(=O)(=O)NC(=O)c1cc(N2CC(=C)[C@H]2C)n(-c2ccc(F)cc2)n1. The van der Waals surface area contributed by atoms with Crippen LogP contribution in [0.25, 0.3) is 5.69 Å². The summed E-state index contributed by atoms with van der Waals surface area (Å²) in [6.45, 7) is 9.62. The lowest BCUT2D eigenvalue weighted by molar-refractivity contribution is 0.0976. The predicted molar refractivity (Wildman–Crippen MR) is 96.1 cm³/mol. The highest BCUT2D eigenvalue weighted by Crippen LogP contribution is 2.31. The summed E-state index contributed by atoms with van der Waals surface area (Å²) in [5.74, 6) is -0.695. The van der Waals surface area contributed by atoms with Crippen LogP contribution in [0.3, 0.4) is 0 Å². The lowest BCUT2D eigenvalue weighted by Gasteiger charge is -2.42. The molecule has 9 heteroatoms. The van der Waals surface area contributed by atoms with Crippen molar-refractivity contribution in [3.05, 3.63) is 66.0 Å². The second kappa shape index (κ2) is 6.41. The van der Waals surface area contributed by atoms with Gasteiger partial charge in [0.2, 0.25) is 0 Å². The van der Waals surface area contributed by atoms with E-state index in [1.165, 1.54) is 35.0 Å². The number of nitrogens with zero attached hydrogens (tertiary/aromatic N) is 3. The van der Waals surface area contributed by atoms with Gasteiger partial charge in [0.25, 0.3) is 15.9 Å². The first-order valence-electron chi connectivity index (χ1n) is 7.72. The van der Waals surface area contributed by atoms with Crippen molar-refractivity contribution in [2.24, 2.45) is 0 Å². The van der Waals surface area contributed by atoms with Crippen molar-refractivity contribution in [3.8, 4) is 5.69 Å². The number of aromatic nitrogens is 2. The molecule has 3 rings (SSSR count). The lowest BCUT2D eigenvalue weighted by Crippen LogP contribution is -2.48. The minimum Gasteiger partial charge on any atom is -0.346 e. The molecule has 0 saturated carbocycles. The third-order valence-electron chi connectivity index (χ3n) is 4.17. The molecule has 1 fully saturated rings. The van der Waals surface area contributed by atoms with Gasteiger partial charge in [-0.3, -0.25) is 4.79 Å². The number of carbonyl (C=O) groups excluding carboxylic acids is 1. The van der Waals surface area contributed by atoms with Crippen LogP contribution in [0.2, 0.25) is 0 Å². The van der Waals surface area contributed by atoms with Gasteiger partial charge in [0.05, 0.1) is 11.7 Å². The number of rotatable bonds is 5. The second-order valence-corrected chi connectivity index (χ2v) is 7.51. The number of hydrogen-bond donors (Lipinski definition) is 1. The van der Waals surface area contributed by atoms with E-state index in [0.717, 1.165) is 5.57 Å². The van der Waals surface area contributed by atoms with Crippen molar-refractivity contribution in [3.63, 3.8) is 0 Å². The van der Waals surface area contributed by atoms with Gasteiger partial charge in [0, 0.05) is 18.0 Å². The third-order valence-corrected chi connectivity index (χ3v) is 5.08. The van der Waals surface area contributed by atoms with Crippen molar-refractivity contribution in [2.45, 2.75) is 13.0 Å². The van der Waals surface area contributed by atoms with E-state index in [0.29, 0.717) is 23.5 Å². The summed E-state index contributed by atoms with van der Waals surface area (Å²) >= 11 is 0. The van der Waals surface area contributed by atoms with Crippen molar-refractivity contribution in [2.75, 3.05) is 11.4 Å². The molecule has 136 valence electrons. The standard InChI is InChI=1S/C17H17FN4O3S/c1-4-26(24,25)20-17(23)15-9-16(21-10-11(2)12(21)3)22(19-15)14-7-5-13(18)6-8-14/h4-9,12H,1-2,10H2,3H3,(H,20,23)/t12-/m1/s1. The number of sulfonamides is 1. The van der Waals surface area contributed by atoms with Gasteiger partial charge in [-0.15, -0.1) is 0 Å². The summed E-state index contributed by atoms with van der Waals surface area (Å²) < 4.78 is 39.6. The summed E-state index contributed by atoms with van der Waals surface area (Å²) in [5, 5.41) is 4.85. The molecule has 0 bridgehead atoms. The summed E-state index contributed by atoms with van der Waals surface area (Å²) in [5.41, 5.74) is 1.48. The molecule has 1 N–H and O–H groups in total. The van der Waals surface area contributed by atoms with Crippen LogP contribution in [0.1, 0.15) is 17.4 Å². The van der Waals surface area contributed by atoms with Gasteiger partial charge in [-0.1, -0.05) is 13.2 Å². The molecular weight excluding hydrogens is 359 g/mol. The molecule has 2 aromatic rings. The number of amides is 1. The number of nitrogens with one attached hydrogen (secondary N) is 1. The normalized spacial score (nSPS) is 16.9. The Labute approximate surface area is 150 Å². The maximum absolute atomic E-state index is 13.2. The average Bonchev–Trinajstić information content (AvgIpc) is 3.04. The van der Waals surface area contributed by atoms with Gasteiger partial charge in [0.1, 0.15) is 11.6 Å². The van der Waals surface area contributed by atoms with Crippen molar-refractivity contribution < 1.29 is 17.6 Å². The van der Waals surface area contributed by atoms with Crippen LogP contribution >= 0.6 is 0 Å². The Morgan fingerprint density at radius 2 is 2.04 bits per heavy atom. The number of carbonyl (C=O) groups is 1. The Bertz CT molecular complexity index is 996. The minimum absolute atomic E-state index is 0.0405. The van der Waals surface area contributed by atoms with Crippen molar-refractivity contribution in [1.82, 2.24) is 14.5 Å². The Kier molecular flexibility index (Phi) is 4.41. The first-order valence-corrected chi connectivity index (χ1v) is 9.26. The fraction of sp³-hybridized carbons (Fsp3) is 0.176. The Morgan fingerprint density at radius 3 is 2.58 bits per heavy atom. The molecule has 0 spiro atoms. The van der Waals surface area contributed by atoms with E-state index < -0.39 is 21.7 Å². The molecule has 0 aliphatic carbocycles. The zero-order valence-corrected chi connectivity index (χ0v) is 14.8. The maximum Gasteiger partial charge on any atom is 0.285 e. The molecule has 26 heavy (non-hydrogen) atoms. The monoisotopic (exact) mass is 376 g/mol. The summed E-state index contributed by atoms with van der Waals surface area (Å²) in [4.78, 5) is 14.2. The molecule has 1 aliphatic rings. The van der Waals surface area contributed by atoms with Gasteiger partial charge in [0.15, 0.2) is 5.69 Å². The third kappa shape index (κ3) is 3.25. The zero-order chi connectivity index (χ0) is 19.1. The van der Waals surface area contributed by atoms with E-state index in [1.54, 1.807) is 0 Å². The van der Waals surface area contributed by atoms with E-state index in [2.05, 4.69) is 18.3 Å². The van der Waals surface area contributed by atoms with E-state index in [9.17, 15) is 17.6 Å². The highest BCUT2D eigenvalue weighted by atomic mass is 32.2. The van der Waals surface area contributed by atoms with Gasteiger partial charge in [-0.2, -0.15) is 5.10 Å². The van der Waals surface area contributed by atoms with Gasteiger partial charge in [-0.25, -0.2) is 22.2 Å². The van der Waals surface area contributed by atoms with Crippen LogP contribution in [0, 0.1) is 5.82 Å². The van der Waals surface area contributed by atoms with E-state index in [1.807, 2.05) is 16.5 Å². The molecule has 0 radical (unpaired) electrons. The molecule has 1 saturated heterocycles. The minimum atomic E-state index is -3.93. The Balaban J connectivity index is 2.03. The molecule has 1 aliphatic heterocycles. The van der Waals surface area contributed by atoms with Gasteiger partial charge in [-0.05, 0) is 36.8 Å². The Hall–Kier alpha value is -2.94. The average molecular weight is 376 g/mol. The molecule has 7 nitrogen and oxygen atoms in total. The highest BCUT2D eigenvalue weighted by molar-refractivity contribution is 7.92. The second-order valence-electron chi connectivity index (χ2n) is 5.88. The van der Waals surface area contributed by atoms with Crippen LogP contribution in [0.5, 0.6) is 0 Å².